The van der Waals surface area contributed by atoms with Gasteiger partial charge in [0.25, 0.3) is 17.6 Å². The summed E-state index contributed by atoms with van der Waals surface area (Å²) in [5.41, 5.74) is 1.95. The number of aryl methyl sites for hydroxylation is 1. The first kappa shape index (κ1) is 25.6. The van der Waals surface area contributed by atoms with Gasteiger partial charge in [0, 0.05) is 37.6 Å². The molecule has 0 bridgehead atoms. The SMILES string of the molecule is Cc1cc(NC(=O)c2c(C)c(C(=O)C(=O)NC3CCCN(S(C)(=O)=O)C3)n(C)c2C)ccc1F. The number of halogens is 1. The molecule has 0 spiro atoms. The lowest BCUT2D eigenvalue weighted by molar-refractivity contribution is -0.117. The molecule has 1 unspecified atom stereocenters. The third-order valence-electron chi connectivity index (χ3n) is 6.18. The molecule has 0 radical (unpaired) electrons. The molecule has 11 heteroatoms. The Kier molecular flexibility index (Phi) is 7.27. The molecule has 34 heavy (non-hydrogen) atoms. The summed E-state index contributed by atoms with van der Waals surface area (Å²) in [4.78, 5) is 38.7. The summed E-state index contributed by atoms with van der Waals surface area (Å²) in [6, 6.07) is 3.72. The van der Waals surface area contributed by atoms with E-state index in [4.69, 9.17) is 0 Å². The largest absolute Gasteiger partial charge is 0.345 e. The van der Waals surface area contributed by atoms with Crippen molar-refractivity contribution in [1.82, 2.24) is 14.2 Å². The number of carbonyl (C=O) groups excluding carboxylic acids is 3. The van der Waals surface area contributed by atoms with Gasteiger partial charge in [0.1, 0.15) is 5.82 Å². The summed E-state index contributed by atoms with van der Waals surface area (Å²) >= 11 is 0. The number of hydrogen-bond acceptors (Lipinski definition) is 5. The maximum atomic E-state index is 13.5. The molecule has 1 atom stereocenters. The number of ketones is 1. The predicted octanol–water partition coefficient (Wildman–Crippen LogP) is 2.06. The molecule has 2 amide bonds. The van der Waals surface area contributed by atoms with Crippen molar-refractivity contribution in [2.45, 2.75) is 39.7 Å². The zero-order valence-corrected chi connectivity index (χ0v) is 20.7. The topological polar surface area (TPSA) is 118 Å². The monoisotopic (exact) mass is 492 g/mol. The van der Waals surface area contributed by atoms with Crippen molar-refractivity contribution in [3.63, 3.8) is 0 Å². The minimum atomic E-state index is -3.40. The fourth-order valence-electron chi connectivity index (χ4n) is 4.27. The van der Waals surface area contributed by atoms with Gasteiger partial charge in [0.2, 0.25) is 10.0 Å². The van der Waals surface area contributed by atoms with Gasteiger partial charge in [0.15, 0.2) is 0 Å². The lowest BCUT2D eigenvalue weighted by Gasteiger charge is -2.31. The molecule has 0 saturated carbocycles. The Morgan fingerprint density at radius 1 is 1.15 bits per heavy atom. The van der Waals surface area contributed by atoms with Gasteiger partial charge in [-0.1, -0.05) is 0 Å². The fraction of sp³-hybridized carbons (Fsp3) is 0.435. The Hall–Kier alpha value is -3.05. The lowest BCUT2D eigenvalue weighted by atomic mass is 10.1. The van der Waals surface area contributed by atoms with Gasteiger partial charge < -0.3 is 15.2 Å². The van der Waals surface area contributed by atoms with Crippen LogP contribution in [0.5, 0.6) is 0 Å². The normalized spacial score (nSPS) is 16.8. The van der Waals surface area contributed by atoms with Crippen LogP contribution in [0, 0.1) is 26.6 Å². The second-order valence-electron chi connectivity index (χ2n) is 8.67. The highest BCUT2D eigenvalue weighted by Crippen LogP contribution is 2.24. The van der Waals surface area contributed by atoms with E-state index in [2.05, 4.69) is 10.6 Å². The van der Waals surface area contributed by atoms with Gasteiger partial charge in [-0.2, -0.15) is 0 Å². The second-order valence-corrected chi connectivity index (χ2v) is 10.7. The van der Waals surface area contributed by atoms with Crippen molar-refractivity contribution in [2.24, 2.45) is 7.05 Å². The first-order valence-electron chi connectivity index (χ1n) is 10.8. The van der Waals surface area contributed by atoms with Crippen molar-refractivity contribution in [3.05, 3.63) is 52.1 Å². The van der Waals surface area contributed by atoms with Crippen LogP contribution >= 0.6 is 0 Å². The molecule has 2 N–H and O–H groups in total. The van der Waals surface area contributed by atoms with Crippen LogP contribution in [0.15, 0.2) is 18.2 Å². The molecule has 1 aliphatic rings. The number of nitrogens with one attached hydrogen (secondary N) is 2. The van der Waals surface area contributed by atoms with Crippen LogP contribution in [-0.4, -0.2) is 60.3 Å². The number of Topliss-reactive ketones (excluding diaryl/α,β-unsaturated/α-hetero) is 1. The van der Waals surface area contributed by atoms with E-state index in [9.17, 15) is 27.2 Å². The Morgan fingerprint density at radius 3 is 2.44 bits per heavy atom. The Morgan fingerprint density at radius 2 is 1.82 bits per heavy atom. The highest BCUT2D eigenvalue weighted by molar-refractivity contribution is 7.88. The summed E-state index contributed by atoms with van der Waals surface area (Å²) in [7, 11) is -1.80. The van der Waals surface area contributed by atoms with Crippen LogP contribution in [0.3, 0.4) is 0 Å². The number of sulfonamides is 1. The average molecular weight is 493 g/mol. The average Bonchev–Trinajstić information content (AvgIpc) is 2.98. The van der Waals surface area contributed by atoms with E-state index >= 15 is 0 Å². The molecule has 1 aromatic carbocycles. The van der Waals surface area contributed by atoms with E-state index in [1.807, 2.05) is 0 Å². The van der Waals surface area contributed by atoms with E-state index in [0.29, 0.717) is 41.9 Å². The van der Waals surface area contributed by atoms with Crippen LogP contribution in [0.25, 0.3) is 0 Å². The van der Waals surface area contributed by atoms with Crippen LogP contribution in [0.4, 0.5) is 10.1 Å². The summed E-state index contributed by atoms with van der Waals surface area (Å²) < 4.78 is 39.9. The summed E-state index contributed by atoms with van der Waals surface area (Å²) in [6.45, 7) is 5.32. The highest BCUT2D eigenvalue weighted by atomic mass is 32.2. The van der Waals surface area contributed by atoms with Crippen LogP contribution < -0.4 is 10.6 Å². The smallest absolute Gasteiger partial charge is 0.294 e. The Bertz CT molecular complexity index is 1270. The molecule has 9 nitrogen and oxygen atoms in total. The third kappa shape index (κ3) is 5.20. The number of piperidine rings is 1. The zero-order valence-electron chi connectivity index (χ0n) is 19.9. The number of nitrogens with zero attached hydrogens (tertiary/aromatic N) is 2. The number of carbonyl (C=O) groups is 3. The maximum Gasteiger partial charge on any atom is 0.294 e. The molecular formula is C23H29FN4O5S. The van der Waals surface area contributed by atoms with Crippen LogP contribution in [-0.2, 0) is 21.9 Å². The number of aromatic nitrogens is 1. The quantitative estimate of drug-likeness (QED) is 0.473. The number of rotatable bonds is 6. The van der Waals surface area contributed by atoms with Crippen molar-refractivity contribution >= 4 is 33.3 Å². The first-order chi connectivity index (χ1) is 15.8. The van der Waals surface area contributed by atoms with E-state index < -0.39 is 33.7 Å². The van der Waals surface area contributed by atoms with Crippen molar-refractivity contribution < 1.29 is 27.2 Å². The number of anilines is 1. The zero-order chi connectivity index (χ0) is 25.4. The lowest BCUT2D eigenvalue weighted by Crippen LogP contribution is -2.50. The fourth-order valence-corrected chi connectivity index (χ4v) is 5.18. The Balaban J connectivity index is 1.80. The van der Waals surface area contributed by atoms with Gasteiger partial charge in [-0.3, -0.25) is 14.4 Å². The molecule has 2 aromatic rings. The minimum Gasteiger partial charge on any atom is -0.345 e. The van der Waals surface area contributed by atoms with Gasteiger partial charge in [-0.25, -0.2) is 17.1 Å². The first-order valence-corrected chi connectivity index (χ1v) is 12.7. The standard InChI is InChI=1S/C23H29FN4O5S/c1-13-11-16(8-9-18(13)24)25-22(30)19-14(2)20(27(4)15(19)3)21(29)23(31)26-17-7-6-10-28(12-17)34(5,32)33/h8-9,11,17H,6-7,10,12H2,1-5H3,(H,25,30)(H,26,31). The number of benzene rings is 1. The second kappa shape index (κ2) is 9.67. The van der Waals surface area contributed by atoms with E-state index in [0.717, 1.165) is 6.26 Å². The van der Waals surface area contributed by atoms with Gasteiger partial charge in [-0.05, 0) is 62.9 Å². The molecule has 1 aromatic heterocycles. The maximum absolute atomic E-state index is 13.5. The number of hydrogen-bond donors (Lipinski definition) is 2. The van der Waals surface area contributed by atoms with Crippen LogP contribution in [0.2, 0.25) is 0 Å². The molecular weight excluding hydrogens is 463 g/mol. The molecule has 1 saturated heterocycles. The molecule has 1 fully saturated rings. The molecule has 2 heterocycles. The van der Waals surface area contributed by atoms with Crippen molar-refractivity contribution in [2.75, 3.05) is 24.7 Å². The van der Waals surface area contributed by atoms with E-state index in [1.54, 1.807) is 27.8 Å². The molecule has 0 aliphatic carbocycles. The summed E-state index contributed by atoms with van der Waals surface area (Å²) in [6.07, 6.45) is 2.24. The van der Waals surface area contributed by atoms with E-state index in [-0.39, 0.29) is 23.6 Å². The van der Waals surface area contributed by atoms with E-state index in [1.165, 1.54) is 27.1 Å². The summed E-state index contributed by atoms with van der Waals surface area (Å²) in [5.74, 6) is -2.53. The van der Waals surface area contributed by atoms with Crippen molar-refractivity contribution in [3.8, 4) is 0 Å². The van der Waals surface area contributed by atoms with Crippen molar-refractivity contribution in [1.29, 1.82) is 0 Å². The van der Waals surface area contributed by atoms with Gasteiger partial charge >= 0.3 is 0 Å². The molecule has 1 aliphatic heterocycles. The van der Waals surface area contributed by atoms with Gasteiger partial charge in [0.05, 0.1) is 17.5 Å². The van der Waals surface area contributed by atoms with Gasteiger partial charge in [-0.15, -0.1) is 0 Å². The Labute approximate surface area is 198 Å². The predicted molar refractivity (Wildman–Crippen MR) is 126 cm³/mol. The number of amides is 2. The highest BCUT2D eigenvalue weighted by Gasteiger charge is 2.32. The minimum absolute atomic E-state index is 0.0752. The molecule has 184 valence electrons. The summed E-state index contributed by atoms with van der Waals surface area (Å²) in [5, 5.41) is 5.35. The third-order valence-corrected chi connectivity index (χ3v) is 7.45. The molecule has 3 rings (SSSR count). The van der Waals surface area contributed by atoms with Crippen LogP contribution in [0.1, 0.15) is 50.5 Å².